The van der Waals surface area contributed by atoms with E-state index in [4.69, 9.17) is 18.0 Å². The van der Waals surface area contributed by atoms with Gasteiger partial charge in [-0.2, -0.15) is 0 Å². The van der Waals surface area contributed by atoms with E-state index in [1.807, 2.05) is 13.8 Å². The molecule has 0 bridgehead atoms. The average molecular weight is 276 g/mol. The summed E-state index contributed by atoms with van der Waals surface area (Å²) in [6, 6.07) is 0. The lowest BCUT2D eigenvalue weighted by atomic mass is 10.3. The Kier molecular flexibility index (Phi) is 12.3. The molecule has 0 N–H and O–H groups in total. The maximum absolute atomic E-state index is 11.0. The van der Waals surface area contributed by atoms with Gasteiger partial charge in [0, 0.05) is 25.9 Å². The highest BCUT2D eigenvalue weighted by Gasteiger charge is 2.12. The first kappa shape index (κ1) is 17.3. The van der Waals surface area contributed by atoms with Crippen molar-refractivity contribution in [1.82, 2.24) is 0 Å². The van der Waals surface area contributed by atoms with Gasteiger partial charge in [0.15, 0.2) is 0 Å². The second-order valence-electron chi connectivity index (χ2n) is 3.44. The van der Waals surface area contributed by atoms with Crippen LogP contribution in [-0.4, -0.2) is 41.9 Å². The summed E-state index contributed by atoms with van der Waals surface area (Å²) in [5.74, 6) is -0.297. The van der Waals surface area contributed by atoms with Crippen LogP contribution in [0.1, 0.15) is 33.6 Å². The van der Waals surface area contributed by atoms with Gasteiger partial charge in [0.1, 0.15) is 0 Å². The lowest BCUT2D eigenvalue weighted by Gasteiger charge is -2.14. The number of carbonyl (C=O) groups is 1. The van der Waals surface area contributed by atoms with E-state index < -0.39 is 9.53 Å². The van der Waals surface area contributed by atoms with E-state index in [-0.39, 0.29) is 5.97 Å². The van der Waals surface area contributed by atoms with Crippen LogP contribution < -0.4 is 0 Å². The van der Waals surface area contributed by atoms with Crippen LogP contribution in [0.3, 0.4) is 0 Å². The van der Waals surface area contributed by atoms with E-state index in [1.165, 1.54) is 6.08 Å². The van der Waals surface area contributed by atoms with Gasteiger partial charge in [-0.25, -0.2) is 4.79 Å². The fraction of sp³-hybridized carbons (Fsp3) is 0.750. The summed E-state index contributed by atoms with van der Waals surface area (Å²) < 4.78 is 21.2. The molecule has 0 rings (SSSR count). The fourth-order valence-electron chi connectivity index (χ4n) is 1.16. The van der Waals surface area contributed by atoms with Crippen LogP contribution in [0.4, 0.5) is 0 Å². The Hall–Kier alpha value is -0.693. The molecule has 0 fully saturated rings. The largest absolute Gasteiger partial charge is 0.484 e. The van der Waals surface area contributed by atoms with Crippen molar-refractivity contribution in [3.05, 3.63) is 12.2 Å². The van der Waals surface area contributed by atoms with Crippen molar-refractivity contribution in [3.63, 3.8) is 0 Å². The topological polar surface area (TPSA) is 54.0 Å². The zero-order valence-electron chi connectivity index (χ0n) is 11.5. The van der Waals surface area contributed by atoms with Gasteiger partial charge in [-0.05, 0) is 33.6 Å². The quantitative estimate of drug-likeness (QED) is 0.249. The van der Waals surface area contributed by atoms with Crippen molar-refractivity contribution in [2.24, 2.45) is 0 Å². The van der Waals surface area contributed by atoms with Gasteiger partial charge in [0.25, 0.3) is 0 Å². The minimum absolute atomic E-state index is 0.297. The molecule has 0 aromatic heterocycles. The van der Waals surface area contributed by atoms with Gasteiger partial charge in [-0.15, -0.1) is 0 Å². The predicted octanol–water partition coefficient (Wildman–Crippen LogP) is 1.69. The molecule has 106 valence electrons. The first-order valence-electron chi connectivity index (χ1n) is 6.38. The number of ether oxygens (including phenoxy) is 1. The maximum atomic E-state index is 11.0. The third-order valence-corrected chi connectivity index (χ3v) is 3.66. The predicted molar refractivity (Wildman–Crippen MR) is 71.4 cm³/mol. The molecule has 0 spiro atoms. The van der Waals surface area contributed by atoms with Crippen molar-refractivity contribution in [1.29, 1.82) is 0 Å². The summed E-state index contributed by atoms with van der Waals surface area (Å²) in [6.45, 7) is 7.84. The van der Waals surface area contributed by atoms with Gasteiger partial charge in [-0.3, -0.25) is 0 Å². The Morgan fingerprint density at radius 1 is 1.06 bits per heavy atom. The minimum Gasteiger partial charge on any atom is -0.463 e. The molecule has 0 atom stereocenters. The summed E-state index contributed by atoms with van der Waals surface area (Å²) >= 11 is 0. The molecule has 0 aromatic carbocycles. The van der Waals surface area contributed by atoms with Crippen molar-refractivity contribution < 1.29 is 22.8 Å². The summed E-state index contributed by atoms with van der Waals surface area (Å²) in [4.78, 5) is 11.0. The van der Waals surface area contributed by atoms with E-state index >= 15 is 0 Å². The van der Waals surface area contributed by atoms with E-state index in [0.29, 0.717) is 26.4 Å². The number of unbranched alkanes of at least 4 members (excludes halogenated alkanes) is 1. The Labute approximate surface area is 111 Å². The van der Waals surface area contributed by atoms with Crippen molar-refractivity contribution in [3.8, 4) is 0 Å². The highest BCUT2D eigenvalue weighted by Crippen LogP contribution is 1.97. The van der Waals surface area contributed by atoms with Gasteiger partial charge < -0.3 is 18.0 Å². The molecule has 6 heteroatoms. The summed E-state index contributed by atoms with van der Waals surface area (Å²) in [6.07, 6.45) is 4.67. The molecule has 0 aromatic rings. The Bertz CT molecular complexity index is 227. The molecular formula is C12H24O5Si. The first-order valence-corrected chi connectivity index (χ1v) is 7.80. The number of rotatable bonds is 11. The van der Waals surface area contributed by atoms with Crippen molar-refractivity contribution in [2.45, 2.75) is 33.6 Å². The SMILES string of the molecule is CC=CC(=O)OCCCCO[SiH](OCC)OCC. The zero-order chi connectivity index (χ0) is 13.6. The molecule has 0 radical (unpaired) electrons. The van der Waals surface area contributed by atoms with Gasteiger partial charge >= 0.3 is 15.5 Å². The van der Waals surface area contributed by atoms with Crippen molar-refractivity contribution >= 4 is 15.5 Å². The van der Waals surface area contributed by atoms with Gasteiger partial charge in [0.2, 0.25) is 0 Å². The Balaban J connectivity index is 3.45. The number of hydrogen-bond acceptors (Lipinski definition) is 5. The molecule has 0 aliphatic heterocycles. The van der Waals surface area contributed by atoms with Crippen LogP contribution in [0, 0.1) is 0 Å². The van der Waals surface area contributed by atoms with Crippen LogP contribution in [0.15, 0.2) is 12.2 Å². The van der Waals surface area contributed by atoms with Crippen LogP contribution in [-0.2, 0) is 22.8 Å². The average Bonchev–Trinajstić information content (AvgIpc) is 2.34. The molecule has 5 nitrogen and oxygen atoms in total. The number of carbonyl (C=O) groups excluding carboxylic acids is 1. The summed E-state index contributed by atoms with van der Waals surface area (Å²) in [5.41, 5.74) is 0. The molecule has 0 saturated carbocycles. The van der Waals surface area contributed by atoms with E-state index in [1.54, 1.807) is 13.0 Å². The fourth-order valence-corrected chi connectivity index (χ4v) is 2.35. The summed E-state index contributed by atoms with van der Waals surface area (Å²) in [5, 5.41) is 0. The first-order chi connectivity index (χ1) is 8.74. The molecule has 0 unspecified atom stereocenters. The molecule has 0 aliphatic carbocycles. The lowest BCUT2D eigenvalue weighted by molar-refractivity contribution is -0.137. The molecule has 0 aliphatic rings. The molecule has 0 saturated heterocycles. The number of allylic oxidation sites excluding steroid dienone is 1. The van der Waals surface area contributed by atoms with E-state index in [0.717, 1.165) is 12.8 Å². The maximum Gasteiger partial charge on any atom is 0.484 e. The third kappa shape index (κ3) is 10.5. The zero-order valence-corrected chi connectivity index (χ0v) is 12.7. The van der Waals surface area contributed by atoms with Gasteiger partial charge in [-0.1, -0.05) is 6.08 Å². The highest BCUT2D eigenvalue weighted by atomic mass is 28.3. The third-order valence-electron chi connectivity index (χ3n) is 1.95. The van der Waals surface area contributed by atoms with Crippen LogP contribution >= 0.6 is 0 Å². The summed E-state index contributed by atoms with van der Waals surface area (Å²) in [7, 11) is -1.94. The smallest absolute Gasteiger partial charge is 0.463 e. The minimum atomic E-state index is -1.94. The number of hydrogen-bond donors (Lipinski definition) is 0. The Morgan fingerprint density at radius 2 is 1.67 bits per heavy atom. The molecule has 18 heavy (non-hydrogen) atoms. The second kappa shape index (κ2) is 12.8. The van der Waals surface area contributed by atoms with Gasteiger partial charge in [0.05, 0.1) is 6.61 Å². The highest BCUT2D eigenvalue weighted by molar-refractivity contribution is 6.36. The normalized spacial score (nSPS) is 11.3. The molecular weight excluding hydrogens is 252 g/mol. The lowest BCUT2D eigenvalue weighted by Crippen LogP contribution is -2.27. The van der Waals surface area contributed by atoms with Crippen LogP contribution in [0.25, 0.3) is 0 Å². The Morgan fingerprint density at radius 3 is 2.22 bits per heavy atom. The monoisotopic (exact) mass is 276 g/mol. The number of esters is 1. The van der Waals surface area contributed by atoms with Crippen LogP contribution in [0.5, 0.6) is 0 Å². The van der Waals surface area contributed by atoms with E-state index in [2.05, 4.69) is 0 Å². The molecule has 0 heterocycles. The molecule has 0 amide bonds. The second-order valence-corrected chi connectivity index (χ2v) is 5.02. The van der Waals surface area contributed by atoms with Crippen LogP contribution in [0.2, 0.25) is 0 Å². The van der Waals surface area contributed by atoms with Crippen molar-refractivity contribution in [2.75, 3.05) is 26.4 Å². The standard InChI is InChI=1S/C12H24O5Si/c1-4-9-12(13)14-10-7-8-11-17-18(15-5-2)16-6-3/h4,9,18H,5-8,10-11H2,1-3H3. The van der Waals surface area contributed by atoms with E-state index in [9.17, 15) is 4.79 Å².